The zero-order chi connectivity index (χ0) is 18.3. The van der Waals surface area contributed by atoms with Gasteiger partial charge in [-0.1, -0.05) is 25.2 Å². The van der Waals surface area contributed by atoms with Crippen molar-refractivity contribution < 1.29 is 19.5 Å². The van der Waals surface area contributed by atoms with E-state index in [1.165, 1.54) is 11.3 Å². The molecule has 1 N–H and O–H groups in total. The number of rotatable bonds is 5. The van der Waals surface area contributed by atoms with Crippen LogP contribution in [0.15, 0.2) is 0 Å². The van der Waals surface area contributed by atoms with Crippen LogP contribution in [-0.2, 0) is 20.9 Å². The van der Waals surface area contributed by atoms with Crippen LogP contribution in [0.3, 0.4) is 0 Å². The second-order valence-corrected chi connectivity index (χ2v) is 7.11. The molecule has 2 rings (SSSR count). The van der Waals surface area contributed by atoms with Crippen molar-refractivity contribution in [3.63, 3.8) is 0 Å². The Bertz CT molecular complexity index is 576. The molecule has 1 aliphatic heterocycles. The lowest BCUT2D eigenvalue weighted by molar-refractivity contribution is -0.157. The smallest absolute Gasteiger partial charge is 0.290 e. The Morgan fingerprint density at radius 1 is 1.38 bits per heavy atom. The molecule has 0 aliphatic carbocycles. The molecule has 8 nitrogen and oxygen atoms in total. The first-order chi connectivity index (χ1) is 11.3. The van der Waals surface area contributed by atoms with Gasteiger partial charge in [0.05, 0.1) is 13.1 Å². The van der Waals surface area contributed by atoms with Crippen LogP contribution in [0, 0.1) is 12.8 Å². The van der Waals surface area contributed by atoms with E-state index in [2.05, 4.69) is 24.0 Å². The maximum Gasteiger partial charge on any atom is 0.290 e. The van der Waals surface area contributed by atoms with Crippen LogP contribution in [-0.4, -0.2) is 62.5 Å². The van der Waals surface area contributed by atoms with Gasteiger partial charge in [-0.3, -0.25) is 14.4 Å². The molecule has 2 amide bonds. The molecule has 1 atom stereocenters. The number of aryl methyl sites for hydroxylation is 1. The van der Waals surface area contributed by atoms with E-state index in [1.54, 1.807) is 9.80 Å². The van der Waals surface area contributed by atoms with Crippen molar-refractivity contribution in [2.45, 2.75) is 46.7 Å². The van der Waals surface area contributed by atoms with Crippen molar-refractivity contribution >= 4 is 29.6 Å². The van der Waals surface area contributed by atoms with Crippen molar-refractivity contribution in [2.75, 3.05) is 13.1 Å². The van der Waals surface area contributed by atoms with Crippen molar-refractivity contribution in [2.24, 2.45) is 5.92 Å². The maximum absolute atomic E-state index is 12.5. The number of nitrogens with zero attached hydrogens (tertiary/aromatic N) is 4. The summed E-state index contributed by atoms with van der Waals surface area (Å²) in [5.74, 6) is 0.393. The fourth-order valence-corrected chi connectivity index (χ4v) is 3.25. The van der Waals surface area contributed by atoms with Gasteiger partial charge < -0.3 is 14.9 Å². The van der Waals surface area contributed by atoms with Gasteiger partial charge in [0.2, 0.25) is 11.8 Å². The Kier molecular flexibility index (Phi) is 7.76. The van der Waals surface area contributed by atoms with E-state index in [1.807, 2.05) is 13.8 Å². The van der Waals surface area contributed by atoms with Gasteiger partial charge in [-0.2, -0.15) is 0 Å². The SMILES string of the molecule is CCN1CC(=O)N(Cc2nnc(C)s2)[C@@H](CC(C)C)C1=O.O=CO. The van der Waals surface area contributed by atoms with Gasteiger partial charge in [-0.15, -0.1) is 10.2 Å². The molecule has 0 radical (unpaired) electrons. The molecule has 1 saturated heterocycles. The molecule has 0 aromatic carbocycles. The van der Waals surface area contributed by atoms with Crippen molar-refractivity contribution in [3.05, 3.63) is 10.0 Å². The monoisotopic (exact) mass is 356 g/mol. The maximum atomic E-state index is 12.5. The first kappa shape index (κ1) is 20.0. The lowest BCUT2D eigenvalue weighted by Crippen LogP contribution is -2.59. The van der Waals surface area contributed by atoms with Crippen LogP contribution in [0.5, 0.6) is 0 Å². The second-order valence-electron chi connectivity index (χ2n) is 5.84. The standard InChI is InChI=1S/C14H22N4O2S.CH2O2/c1-5-17-8-13(19)18(7-12-16-15-10(4)21-12)11(14(17)20)6-9(2)3;2-1-3/h9,11H,5-8H2,1-4H3;1H,(H,2,3)/t11-;/m0./s1. The molecule has 0 saturated carbocycles. The number of carboxylic acid groups (broad SMARTS) is 1. The summed E-state index contributed by atoms with van der Waals surface area (Å²) in [6, 6.07) is -0.379. The largest absolute Gasteiger partial charge is 0.483 e. The molecule has 9 heteroatoms. The summed E-state index contributed by atoms with van der Waals surface area (Å²) >= 11 is 1.47. The average molecular weight is 356 g/mol. The molecular weight excluding hydrogens is 332 g/mol. The zero-order valence-electron chi connectivity index (χ0n) is 14.4. The summed E-state index contributed by atoms with van der Waals surface area (Å²) in [6.45, 7) is 8.79. The molecule has 1 aliphatic rings. The molecule has 0 bridgehead atoms. The van der Waals surface area contributed by atoms with Gasteiger partial charge in [-0.25, -0.2) is 0 Å². The normalized spacial score (nSPS) is 17.8. The first-order valence-electron chi connectivity index (χ1n) is 7.79. The molecule has 0 unspecified atom stereocenters. The first-order valence-corrected chi connectivity index (χ1v) is 8.60. The third-order valence-corrected chi connectivity index (χ3v) is 4.39. The number of hydrogen-bond donors (Lipinski definition) is 1. The highest BCUT2D eigenvalue weighted by molar-refractivity contribution is 7.11. The Hall–Kier alpha value is -2.03. The Morgan fingerprint density at radius 2 is 2.00 bits per heavy atom. The molecule has 134 valence electrons. The van der Waals surface area contributed by atoms with Crippen LogP contribution in [0.4, 0.5) is 0 Å². The highest BCUT2D eigenvalue weighted by Crippen LogP contribution is 2.22. The van der Waals surface area contributed by atoms with Crippen LogP contribution >= 0.6 is 11.3 Å². The van der Waals surface area contributed by atoms with E-state index >= 15 is 0 Å². The molecular formula is C15H24N4O4S. The fraction of sp³-hybridized carbons (Fsp3) is 0.667. The summed E-state index contributed by atoms with van der Waals surface area (Å²) in [7, 11) is 0. The Labute approximate surface area is 145 Å². The number of carbonyl (C=O) groups is 3. The van der Waals surface area contributed by atoms with Crippen molar-refractivity contribution in [3.8, 4) is 0 Å². The van der Waals surface area contributed by atoms with Crippen molar-refractivity contribution in [1.82, 2.24) is 20.0 Å². The summed E-state index contributed by atoms with van der Waals surface area (Å²) < 4.78 is 0. The highest BCUT2D eigenvalue weighted by Gasteiger charge is 2.39. The van der Waals surface area contributed by atoms with Gasteiger partial charge in [-0.05, 0) is 26.2 Å². The Balaban J connectivity index is 0.000000891. The third kappa shape index (κ3) is 5.26. The van der Waals surface area contributed by atoms with Crippen LogP contribution in [0.25, 0.3) is 0 Å². The fourth-order valence-electron chi connectivity index (χ4n) is 2.54. The lowest BCUT2D eigenvalue weighted by Gasteiger charge is -2.40. The van der Waals surface area contributed by atoms with E-state index in [-0.39, 0.29) is 30.9 Å². The quantitative estimate of drug-likeness (QED) is 0.794. The minimum absolute atomic E-state index is 0.00467. The van der Waals surface area contributed by atoms with Gasteiger partial charge in [0, 0.05) is 6.54 Å². The molecule has 0 spiro atoms. The summed E-state index contributed by atoms with van der Waals surface area (Å²) in [5.41, 5.74) is 0. The van der Waals surface area contributed by atoms with E-state index in [4.69, 9.17) is 9.90 Å². The number of hydrogen-bond acceptors (Lipinski definition) is 6. The van der Waals surface area contributed by atoms with Crippen molar-refractivity contribution in [1.29, 1.82) is 0 Å². The van der Waals surface area contributed by atoms with E-state index in [0.717, 1.165) is 10.0 Å². The Morgan fingerprint density at radius 3 is 2.46 bits per heavy atom. The van der Waals surface area contributed by atoms with Gasteiger partial charge in [0.15, 0.2) is 0 Å². The predicted octanol–water partition coefficient (Wildman–Crippen LogP) is 1.15. The summed E-state index contributed by atoms with van der Waals surface area (Å²) in [6.07, 6.45) is 0.679. The predicted molar refractivity (Wildman–Crippen MR) is 89.4 cm³/mol. The summed E-state index contributed by atoms with van der Waals surface area (Å²) in [4.78, 5) is 36.6. The molecule has 1 aromatic rings. The molecule has 1 aromatic heterocycles. The highest BCUT2D eigenvalue weighted by atomic mass is 32.1. The number of likely N-dealkylation sites (N-methyl/N-ethyl adjacent to an activating group) is 1. The number of amides is 2. The summed E-state index contributed by atoms with van der Waals surface area (Å²) in [5, 5.41) is 16.6. The number of piperazine rings is 1. The molecule has 1 fully saturated rings. The van der Waals surface area contributed by atoms with E-state index in [0.29, 0.717) is 25.4 Å². The minimum atomic E-state index is -0.379. The lowest BCUT2D eigenvalue weighted by atomic mass is 9.99. The minimum Gasteiger partial charge on any atom is -0.483 e. The molecule has 2 heterocycles. The van der Waals surface area contributed by atoms with Gasteiger partial charge in [0.1, 0.15) is 16.1 Å². The molecule has 24 heavy (non-hydrogen) atoms. The number of aromatic nitrogens is 2. The number of carbonyl (C=O) groups excluding carboxylic acids is 2. The van der Waals surface area contributed by atoms with Crippen LogP contribution in [0.1, 0.15) is 37.2 Å². The van der Waals surface area contributed by atoms with E-state index in [9.17, 15) is 9.59 Å². The zero-order valence-corrected chi connectivity index (χ0v) is 15.2. The average Bonchev–Trinajstić information content (AvgIpc) is 2.92. The second kappa shape index (κ2) is 9.31. The third-order valence-electron chi connectivity index (χ3n) is 3.57. The van der Waals surface area contributed by atoms with Crippen LogP contribution in [0.2, 0.25) is 0 Å². The topological polar surface area (TPSA) is 104 Å². The van der Waals surface area contributed by atoms with Crippen LogP contribution < -0.4 is 0 Å². The van der Waals surface area contributed by atoms with Gasteiger partial charge >= 0.3 is 0 Å². The van der Waals surface area contributed by atoms with Gasteiger partial charge in [0.25, 0.3) is 6.47 Å². The van der Waals surface area contributed by atoms with E-state index < -0.39 is 0 Å².